The lowest BCUT2D eigenvalue weighted by Crippen LogP contribution is -2.55. The molecule has 4 rings (SSSR count). The number of anilines is 1. The molecule has 3 heterocycles. The zero-order valence-electron chi connectivity index (χ0n) is 17.9. The van der Waals surface area contributed by atoms with Gasteiger partial charge in [-0.15, -0.1) is 24.0 Å². The van der Waals surface area contributed by atoms with Crippen molar-refractivity contribution in [2.75, 3.05) is 38.1 Å². The summed E-state index contributed by atoms with van der Waals surface area (Å²) in [6, 6.07) is 6.01. The van der Waals surface area contributed by atoms with E-state index in [-0.39, 0.29) is 42.2 Å². The standard InChI is InChI=1S/C21H24FN7O2.HI/c1-23-21(28-9-10-29(19(30)13-28)18-11-25-27(2)12-18)24-8-7-17-14-31-20(26-17)15-3-5-16(22)6-4-15;/h3-6,11-12,14H,7-10,13H2,1-2H3,(H,23,24);1H. The first-order valence-corrected chi connectivity index (χ1v) is 9.98. The van der Waals surface area contributed by atoms with Gasteiger partial charge >= 0.3 is 0 Å². The van der Waals surface area contributed by atoms with E-state index >= 15 is 0 Å². The maximum Gasteiger partial charge on any atom is 0.246 e. The van der Waals surface area contributed by atoms with Gasteiger partial charge in [-0.1, -0.05) is 0 Å². The highest BCUT2D eigenvalue weighted by Gasteiger charge is 2.27. The third-order valence-electron chi connectivity index (χ3n) is 5.04. The number of nitrogens with zero attached hydrogens (tertiary/aromatic N) is 6. The second-order valence-corrected chi connectivity index (χ2v) is 7.21. The lowest BCUT2D eigenvalue weighted by atomic mass is 10.2. The van der Waals surface area contributed by atoms with Gasteiger partial charge in [0.25, 0.3) is 0 Å². The number of nitrogens with one attached hydrogen (secondary N) is 1. The molecule has 1 N–H and O–H groups in total. The molecule has 32 heavy (non-hydrogen) atoms. The fourth-order valence-corrected chi connectivity index (χ4v) is 3.46. The molecule has 1 amide bonds. The van der Waals surface area contributed by atoms with Crippen molar-refractivity contribution in [1.29, 1.82) is 0 Å². The van der Waals surface area contributed by atoms with Crippen LogP contribution in [-0.2, 0) is 18.3 Å². The van der Waals surface area contributed by atoms with Crippen molar-refractivity contribution in [3.8, 4) is 11.5 Å². The van der Waals surface area contributed by atoms with E-state index in [0.717, 1.165) is 16.9 Å². The van der Waals surface area contributed by atoms with Gasteiger partial charge in [-0.2, -0.15) is 5.10 Å². The average molecular weight is 553 g/mol. The van der Waals surface area contributed by atoms with E-state index in [1.165, 1.54) is 12.1 Å². The minimum absolute atomic E-state index is 0. The Labute approximate surface area is 202 Å². The van der Waals surface area contributed by atoms with Gasteiger partial charge in [-0.25, -0.2) is 9.37 Å². The van der Waals surface area contributed by atoms with Crippen LogP contribution >= 0.6 is 24.0 Å². The molecule has 0 atom stereocenters. The van der Waals surface area contributed by atoms with Gasteiger partial charge in [0.1, 0.15) is 18.6 Å². The van der Waals surface area contributed by atoms with Crippen LogP contribution in [0.5, 0.6) is 0 Å². The van der Waals surface area contributed by atoms with Gasteiger partial charge in [0.2, 0.25) is 11.8 Å². The van der Waals surface area contributed by atoms with Gasteiger partial charge in [0.15, 0.2) is 5.96 Å². The Bertz CT molecular complexity index is 1080. The van der Waals surface area contributed by atoms with Crippen molar-refractivity contribution in [3.05, 3.63) is 54.4 Å². The maximum atomic E-state index is 13.1. The van der Waals surface area contributed by atoms with E-state index in [1.807, 2.05) is 18.1 Å². The molecular weight excluding hydrogens is 528 g/mol. The summed E-state index contributed by atoms with van der Waals surface area (Å²) in [6.45, 7) is 2.06. The van der Waals surface area contributed by atoms with Crippen molar-refractivity contribution >= 4 is 41.5 Å². The number of aliphatic imine (C=N–C) groups is 1. The minimum atomic E-state index is -0.300. The van der Waals surface area contributed by atoms with Crippen LogP contribution < -0.4 is 10.2 Å². The number of benzene rings is 1. The second-order valence-electron chi connectivity index (χ2n) is 7.21. The van der Waals surface area contributed by atoms with Crippen molar-refractivity contribution in [1.82, 2.24) is 25.0 Å². The number of guanidine groups is 1. The molecule has 170 valence electrons. The number of hydrogen-bond donors (Lipinski definition) is 1. The van der Waals surface area contributed by atoms with Crippen LogP contribution in [0.2, 0.25) is 0 Å². The summed E-state index contributed by atoms with van der Waals surface area (Å²) < 4.78 is 20.3. The number of aromatic nitrogens is 3. The molecule has 2 aromatic heterocycles. The minimum Gasteiger partial charge on any atom is -0.444 e. The number of hydrogen-bond acceptors (Lipinski definition) is 5. The van der Waals surface area contributed by atoms with Gasteiger partial charge in [-0.3, -0.25) is 14.5 Å². The van der Waals surface area contributed by atoms with E-state index < -0.39 is 0 Å². The highest BCUT2D eigenvalue weighted by molar-refractivity contribution is 14.0. The molecule has 11 heteroatoms. The van der Waals surface area contributed by atoms with Gasteiger partial charge in [0.05, 0.1) is 17.6 Å². The Hall–Kier alpha value is -2.96. The van der Waals surface area contributed by atoms with Crippen LogP contribution in [0, 0.1) is 5.82 Å². The SMILES string of the molecule is CN=C(NCCc1coc(-c2ccc(F)cc2)n1)N1CCN(c2cnn(C)c2)C(=O)C1.I. The Morgan fingerprint density at radius 2 is 2.06 bits per heavy atom. The van der Waals surface area contributed by atoms with Crippen molar-refractivity contribution in [3.63, 3.8) is 0 Å². The molecule has 0 spiro atoms. The fourth-order valence-electron chi connectivity index (χ4n) is 3.46. The first kappa shape index (κ1) is 23.7. The topological polar surface area (TPSA) is 91.8 Å². The monoisotopic (exact) mass is 553 g/mol. The number of carbonyl (C=O) groups is 1. The van der Waals surface area contributed by atoms with E-state index in [4.69, 9.17) is 4.42 Å². The van der Waals surface area contributed by atoms with Crippen LogP contribution in [0.3, 0.4) is 0 Å². The third kappa shape index (κ3) is 5.44. The quantitative estimate of drug-likeness (QED) is 0.296. The number of oxazole rings is 1. The summed E-state index contributed by atoms with van der Waals surface area (Å²) in [5, 5.41) is 7.41. The summed E-state index contributed by atoms with van der Waals surface area (Å²) in [5.41, 5.74) is 2.30. The molecule has 1 aliphatic heterocycles. The Kier molecular flexibility index (Phi) is 7.83. The Morgan fingerprint density at radius 1 is 1.28 bits per heavy atom. The molecule has 0 saturated carbocycles. The first-order chi connectivity index (χ1) is 15.0. The van der Waals surface area contributed by atoms with E-state index in [2.05, 4.69) is 20.4 Å². The van der Waals surface area contributed by atoms with E-state index in [1.54, 1.807) is 41.2 Å². The van der Waals surface area contributed by atoms with Gasteiger partial charge in [-0.05, 0) is 24.3 Å². The molecule has 3 aromatic rings. The molecule has 0 aliphatic carbocycles. The summed E-state index contributed by atoms with van der Waals surface area (Å²) in [6.07, 6.45) is 5.74. The summed E-state index contributed by atoms with van der Waals surface area (Å²) in [7, 11) is 3.52. The van der Waals surface area contributed by atoms with E-state index in [9.17, 15) is 9.18 Å². The molecular formula is C21H25FIN7O2. The number of halogens is 2. The second kappa shape index (κ2) is 10.6. The van der Waals surface area contributed by atoms with Crippen LogP contribution in [0.15, 0.2) is 52.3 Å². The largest absolute Gasteiger partial charge is 0.444 e. The van der Waals surface area contributed by atoms with Crippen molar-refractivity contribution < 1.29 is 13.6 Å². The zero-order chi connectivity index (χ0) is 21.8. The molecule has 1 aliphatic rings. The number of piperazine rings is 1. The molecule has 1 aromatic carbocycles. The summed E-state index contributed by atoms with van der Waals surface area (Å²) in [4.78, 5) is 25.0. The smallest absolute Gasteiger partial charge is 0.246 e. The third-order valence-corrected chi connectivity index (χ3v) is 5.04. The van der Waals surface area contributed by atoms with Gasteiger partial charge in [0, 0.05) is 51.9 Å². The van der Waals surface area contributed by atoms with Gasteiger partial charge < -0.3 is 19.5 Å². The van der Waals surface area contributed by atoms with Crippen LogP contribution in [0.4, 0.5) is 10.1 Å². The van der Waals surface area contributed by atoms with Crippen molar-refractivity contribution in [2.45, 2.75) is 6.42 Å². The van der Waals surface area contributed by atoms with Crippen LogP contribution in [0.1, 0.15) is 5.69 Å². The van der Waals surface area contributed by atoms with Crippen LogP contribution in [-0.4, -0.2) is 64.8 Å². The van der Waals surface area contributed by atoms with Crippen LogP contribution in [0.25, 0.3) is 11.5 Å². The number of amides is 1. The normalized spacial score (nSPS) is 14.5. The molecule has 0 radical (unpaired) electrons. The number of carbonyl (C=O) groups excluding carboxylic acids is 1. The number of rotatable bonds is 5. The molecule has 0 bridgehead atoms. The average Bonchev–Trinajstić information content (AvgIpc) is 3.41. The maximum absolute atomic E-state index is 13.1. The highest BCUT2D eigenvalue weighted by Crippen LogP contribution is 2.19. The lowest BCUT2D eigenvalue weighted by Gasteiger charge is -2.35. The Balaban J connectivity index is 0.00000289. The molecule has 0 unspecified atom stereocenters. The fraction of sp³-hybridized carbons (Fsp3) is 0.333. The highest BCUT2D eigenvalue weighted by atomic mass is 127. The Morgan fingerprint density at radius 3 is 2.72 bits per heavy atom. The summed E-state index contributed by atoms with van der Waals surface area (Å²) in [5.74, 6) is 0.825. The number of aryl methyl sites for hydroxylation is 1. The lowest BCUT2D eigenvalue weighted by molar-refractivity contribution is -0.120. The molecule has 9 nitrogen and oxygen atoms in total. The predicted molar refractivity (Wildman–Crippen MR) is 130 cm³/mol. The van der Waals surface area contributed by atoms with E-state index in [0.29, 0.717) is 37.9 Å². The molecule has 1 fully saturated rings. The predicted octanol–water partition coefficient (Wildman–Crippen LogP) is 2.30. The summed E-state index contributed by atoms with van der Waals surface area (Å²) >= 11 is 0. The first-order valence-electron chi connectivity index (χ1n) is 9.98. The van der Waals surface area contributed by atoms with Crippen molar-refractivity contribution in [2.24, 2.45) is 12.0 Å². The molecule has 1 saturated heterocycles. The zero-order valence-corrected chi connectivity index (χ0v) is 20.2.